The van der Waals surface area contributed by atoms with Gasteiger partial charge in [0.05, 0.1) is 0 Å². The Labute approximate surface area is 77.5 Å². The highest BCUT2D eigenvalue weighted by atomic mass is 16.5. The molecule has 13 heavy (non-hydrogen) atoms. The molecule has 3 nitrogen and oxygen atoms in total. The number of hydrogen-bond donors (Lipinski definition) is 0. The lowest BCUT2D eigenvalue weighted by Gasteiger charge is -1.95. The van der Waals surface area contributed by atoms with E-state index in [0.717, 1.165) is 11.7 Å². The Morgan fingerprint density at radius 3 is 2.62 bits per heavy atom. The van der Waals surface area contributed by atoms with E-state index < -0.39 is 0 Å². The van der Waals surface area contributed by atoms with Gasteiger partial charge in [0.15, 0.2) is 5.82 Å². The Balaban J connectivity index is 1.82. The van der Waals surface area contributed by atoms with Gasteiger partial charge in [-0.15, -0.1) is 0 Å². The number of hydrogen-bond acceptors (Lipinski definition) is 3. The van der Waals surface area contributed by atoms with Crippen LogP contribution in [0.3, 0.4) is 0 Å². The van der Waals surface area contributed by atoms with Crippen LogP contribution >= 0.6 is 0 Å². The summed E-state index contributed by atoms with van der Waals surface area (Å²) in [4.78, 5) is 4.45. The molecule has 0 amide bonds. The maximum atomic E-state index is 5.26. The molecule has 3 heteroatoms. The van der Waals surface area contributed by atoms with Crippen molar-refractivity contribution in [3.05, 3.63) is 11.7 Å². The topological polar surface area (TPSA) is 38.9 Å². The molecule has 1 aromatic rings. The van der Waals surface area contributed by atoms with Gasteiger partial charge in [-0.25, -0.2) is 0 Å². The van der Waals surface area contributed by atoms with E-state index in [4.69, 9.17) is 4.52 Å². The van der Waals surface area contributed by atoms with Crippen LogP contribution in [0.4, 0.5) is 0 Å². The molecule has 2 aliphatic rings. The summed E-state index contributed by atoms with van der Waals surface area (Å²) in [6.07, 6.45) is 3.68. The van der Waals surface area contributed by atoms with Crippen molar-refractivity contribution in [2.75, 3.05) is 0 Å². The Morgan fingerprint density at radius 1 is 1.38 bits per heavy atom. The lowest BCUT2D eigenvalue weighted by Crippen LogP contribution is -1.90. The lowest BCUT2D eigenvalue weighted by molar-refractivity contribution is 0.363. The fourth-order valence-corrected chi connectivity index (χ4v) is 1.78. The summed E-state index contributed by atoms with van der Waals surface area (Å²) in [6.45, 7) is 4.50. The highest BCUT2D eigenvalue weighted by Crippen LogP contribution is 2.58. The van der Waals surface area contributed by atoms with Crippen LogP contribution in [0, 0.1) is 5.41 Å². The molecular formula is C10H14N2O. The van der Waals surface area contributed by atoms with Crippen molar-refractivity contribution in [1.82, 2.24) is 10.1 Å². The van der Waals surface area contributed by atoms with Crippen LogP contribution in [0.1, 0.15) is 56.7 Å². The van der Waals surface area contributed by atoms with E-state index in [9.17, 15) is 0 Å². The van der Waals surface area contributed by atoms with Crippen LogP contribution in [0.2, 0.25) is 0 Å². The van der Waals surface area contributed by atoms with Gasteiger partial charge >= 0.3 is 0 Å². The van der Waals surface area contributed by atoms with Crippen LogP contribution in [0.25, 0.3) is 0 Å². The summed E-state index contributed by atoms with van der Waals surface area (Å²) in [7, 11) is 0. The first kappa shape index (κ1) is 7.54. The van der Waals surface area contributed by atoms with Crippen molar-refractivity contribution in [3.63, 3.8) is 0 Å². The molecule has 2 fully saturated rings. The van der Waals surface area contributed by atoms with E-state index in [1.165, 1.54) is 19.3 Å². The second-order valence-corrected chi connectivity index (χ2v) is 5.01. The standard InChI is InChI=1S/C10H14N2O/c1-10(2)5-7(10)9-11-8(12-13-9)6-3-4-6/h6-7H,3-5H2,1-2H3/t7-/m1/s1. The van der Waals surface area contributed by atoms with Gasteiger partial charge in [-0.05, 0) is 24.7 Å². The summed E-state index contributed by atoms with van der Waals surface area (Å²) >= 11 is 0. The van der Waals surface area contributed by atoms with Gasteiger partial charge in [0, 0.05) is 11.8 Å². The molecule has 0 N–H and O–H groups in total. The van der Waals surface area contributed by atoms with E-state index in [2.05, 4.69) is 24.0 Å². The van der Waals surface area contributed by atoms with Crippen molar-refractivity contribution in [2.24, 2.45) is 5.41 Å². The molecule has 1 atom stereocenters. The minimum Gasteiger partial charge on any atom is -0.339 e. The zero-order valence-corrected chi connectivity index (χ0v) is 8.08. The predicted octanol–water partition coefficient (Wildman–Crippen LogP) is 2.46. The average Bonchev–Trinajstić information content (AvgIpc) is 2.95. The zero-order chi connectivity index (χ0) is 9.05. The summed E-state index contributed by atoms with van der Waals surface area (Å²) in [5, 5.41) is 4.02. The molecule has 70 valence electrons. The Hall–Kier alpha value is -0.860. The summed E-state index contributed by atoms with van der Waals surface area (Å²) < 4.78 is 5.26. The molecule has 1 heterocycles. The molecule has 3 rings (SSSR count). The van der Waals surface area contributed by atoms with Crippen LogP contribution in [-0.4, -0.2) is 10.1 Å². The fraction of sp³-hybridized carbons (Fsp3) is 0.800. The Morgan fingerprint density at radius 2 is 2.08 bits per heavy atom. The third-order valence-electron chi connectivity index (χ3n) is 3.21. The highest BCUT2D eigenvalue weighted by molar-refractivity contribution is 5.14. The predicted molar refractivity (Wildman–Crippen MR) is 47.4 cm³/mol. The molecular weight excluding hydrogens is 164 g/mol. The molecule has 0 saturated heterocycles. The van der Waals surface area contributed by atoms with Crippen molar-refractivity contribution in [3.8, 4) is 0 Å². The third-order valence-corrected chi connectivity index (χ3v) is 3.21. The maximum Gasteiger partial charge on any atom is 0.230 e. The minimum absolute atomic E-state index is 0.396. The molecule has 0 radical (unpaired) electrons. The van der Waals surface area contributed by atoms with Gasteiger partial charge in [0.25, 0.3) is 0 Å². The molecule has 0 aliphatic heterocycles. The second-order valence-electron chi connectivity index (χ2n) is 5.01. The highest BCUT2D eigenvalue weighted by Gasteiger charge is 2.50. The van der Waals surface area contributed by atoms with Crippen LogP contribution in [0.15, 0.2) is 4.52 Å². The summed E-state index contributed by atoms with van der Waals surface area (Å²) in [5.41, 5.74) is 0.396. The Bertz CT molecular complexity index is 338. The molecule has 2 saturated carbocycles. The number of aromatic nitrogens is 2. The summed E-state index contributed by atoms with van der Waals surface area (Å²) in [5.74, 6) is 2.94. The van der Waals surface area contributed by atoms with Crippen LogP contribution in [0.5, 0.6) is 0 Å². The SMILES string of the molecule is CC1(C)C[C@@H]1c1nc(C2CC2)no1. The smallest absolute Gasteiger partial charge is 0.230 e. The van der Waals surface area contributed by atoms with Crippen LogP contribution in [-0.2, 0) is 0 Å². The molecule has 2 aliphatic carbocycles. The van der Waals surface area contributed by atoms with Crippen molar-refractivity contribution >= 4 is 0 Å². The van der Waals surface area contributed by atoms with Gasteiger partial charge < -0.3 is 4.52 Å². The first-order chi connectivity index (χ1) is 6.17. The van der Waals surface area contributed by atoms with Gasteiger partial charge in [-0.1, -0.05) is 19.0 Å². The number of rotatable bonds is 2. The molecule has 0 aromatic carbocycles. The van der Waals surface area contributed by atoms with E-state index in [-0.39, 0.29) is 0 Å². The van der Waals surface area contributed by atoms with Gasteiger partial charge in [0.1, 0.15) is 0 Å². The third kappa shape index (κ3) is 1.18. The van der Waals surface area contributed by atoms with Crippen LogP contribution < -0.4 is 0 Å². The van der Waals surface area contributed by atoms with E-state index in [0.29, 0.717) is 17.3 Å². The zero-order valence-electron chi connectivity index (χ0n) is 8.08. The largest absolute Gasteiger partial charge is 0.339 e. The maximum absolute atomic E-state index is 5.26. The van der Waals surface area contributed by atoms with Crippen molar-refractivity contribution in [2.45, 2.75) is 44.9 Å². The summed E-state index contributed by atoms with van der Waals surface area (Å²) in [6, 6.07) is 0. The molecule has 0 bridgehead atoms. The van der Waals surface area contributed by atoms with Gasteiger partial charge in [-0.2, -0.15) is 4.98 Å². The van der Waals surface area contributed by atoms with E-state index >= 15 is 0 Å². The van der Waals surface area contributed by atoms with Gasteiger partial charge in [-0.3, -0.25) is 0 Å². The normalized spacial score (nSPS) is 30.5. The average molecular weight is 178 g/mol. The first-order valence-corrected chi connectivity index (χ1v) is 5.00. The quantitative estimate of drug-likeness (QED) is 0.698. The molecule has 0 unspecified atom stereocenters. The lowest BCUT2D eigenvalue weighted by atomic mass is 10.1. The monoisotopic (exact) mass is 178 g/mol. The van der Waals surface area contributed by atoms with E-state index in [1.54, 1.807) is 0 Å². The molecule has 0 spiro atoms. The van der Waals surface area contributed by atoms with Crippen molar-refractivity contribution < 1.29 is 4.52 Å². The van der Waals surface area contributed by atoms with Crippen molar-refractivity contribution in [1.29, 1.82) is 0 Å². The van der Waals surface area contributed by atoms with Gasteiger partial charge in [0.2, 0.25) is 5.89 Å². The fourth-order valence-electron chi connectivity index (χ4n) is 1.78. The Kier molecular flexibility index (Phi) is 1.24. The van der Waals surface area contributed by atoms with E-state index in [1.807, 2.05) is 0 Å². The number of nitrogens with zero attached hydrogens (tertiary/aromatic N) is 2. The molecule has 1 aromatic heterocycles. The minimum atomic E-state index is 0.396. The second kappa shape index (κ2) is 2.14. The first-order valence-electron chi connectivity index (χ1n) is 5.00.